The van der Waals surface area contributed by atoms with E-state index in [1.54, 1.807) is 0 Å². The second kappa shape index (κ2) is 5.98. The molecule has 5 heteroatoms. The molecule has 1 heterocycles. The molecule has 0 aliphatic carbocycles. The molecule has 0 saturated heterocycles. The number of aromatic nitrogens is 3. The number of benzene rings is 1. The average Bonchev–Trinajstić information content (AvgIpc) is 2.72. The molecule has 18 heavy (non-hydrogen) atoms. The van der Waals surface area contributed by atoms with Crippen LogP contribution in [0.2, 0.25) is 5.28 Å². The Morgan fingerprint density at radius 2 is 1.94 bits per heavy atom. The quantitative estimate of drug-likeness (QED) is 0.834. The summed E-state index contributed by atoms with van der Waals surface area (Å²) in [5.74, 6) is 0.771. The van der Waals surface area contributed by atoms with Gasteiger partial charge in [-0.05, 0) is 25.4 Å². The minimum atomic E-state index is 0.209. The molecule has 0 aliphatic heterocycles. The SMILES string of the molecule is CC(C)OCCn1c(Cl)nnc1-c1ccccc1. The minimum absolute atomic E-state index is 0.209. The van der Waals surface area contributed by atoms with Crippen LogP contribution in [-0.2, 0) is 11.3 Å². The van der Waals surface area contributed by atoms with Gasteiger partial charge in [0.15, 0.2) is 5.82 Å². The maximum atomic E-state index is 6.04. The number of hydrogen-bond acceptors (Lipinski definition) is 3. The largest absolute Gasteiger partial charge is 0.377 e. The number of hydrogen-bond donors (Lipinski definition) is 0. The van der Waals surface area contributed by atoms with Crippen molar-refractivity contribution in [3.63, 3.8) is 0 Å². The minimum Gasteiger partial charge on any atom is -0.377 e. The Balaban J connectivity index is 2.17. The van der Waals surface area contributed by atoms with Crippen molar-refractivity contribution in [1.82, 2.24) is 14.8 Å². The molecule has 0 unspecified atom stereocenters. The van der Waals surface area contributed by atoms with Crippen LogP contribution in [0.15, 0.2) is 30.3 Å². The first-order chi connectivity index (χ1) is 8.68. The van der Waals surface area contributed by atoms with E-state index in [4.69, 9.17) is 16.3 Å². The lowest BCUT2D eigenvalue weighted by molar-refractivity contribution is 0.0729. The second-order valence-electron chi connectivity index (χ2n) is 4.23. The third kappa shape index (κ3) is 3.09. The lowest BCUT2D eigenvalue weighted by atomic mass is 10.2. The van der Waals surface area contributed by atoms with Gasteiger partial charge in [0.1, 0.15) is 0 Å². The highest BCUT2D eigenvalue weighted by molar-refractivity contribution is 6.28. The van der Waals surface area contributed by atoms with E-state index >= 15 is 0 Å². The fourth-order valence-corrected chi connectivity index (χ4v) is 1.86. The molecule has 0 N–H and O–H groups in total. The van der Waals surface area contributed by atoms with E-state index in [9.17, 15) is 0 Å². The molecule has 2 rings (SSSR count). The standard InChI is InChI=1S/C13H16ClN3O/c1-10(2)18-9-8-17-12(15-16-13(17)14)11-6-4-3-5-7-11/h3-7,10H,8-9H2,1-2H3. The first-order valence-corrected chi connectivity index (χ1v) is 6.32. The topological polar surface area (TPSA) is 39.9 Å². The Kier molecular flexibility index (Phi) is 4.33. The van der Waals surface area contributed by atoms with Gasteiger partial charge < -0.3 is 4.74 Å². The Morgan fingerprint density at radius 1 is 1.22 bits per heavy atom. The zero-order valence-corrected chi connectivity index (χ0v) is 11.3. The maximum absolute atomic E-state index is 6.04. The summed E-state index contributed by atoms with van der Waals surface area (Å²) in [5.41, 5.74) is 1.00. The summed E-state index contributed by atoms with van der Waals surface area (Å²) in [6.45, 7) is 5.25. The first kappa shape index (κ1) is 13.1. The van der Waals surface area contributed by atoms with Crippen LogP contribution in [0, 0.1) is 0 Å². The Bertz CT molecular complexity index is 496. The maximum Gasteiger partial charge on any atom is 0.225 e. The van der Waals surface area contributed by atoms with E-state index in [-0.39, 0.29) is 6.10 Å². The van der Waals surface area contributed by atoms with Gasteiger partial charge in [0, 0.05) is 5.56 Å². The van der Waals surface area contributed by atoms with E-state index in [0.717, 1.165) is 11.4 Å². The molecule has 2 aromatic rings. The van der Waals surface area contributed by atoms with Crippen LogP contribution in [0.25, 0.3) is 11.4 Å². The summed E-state index contributed by atoms with van der Waals surface area (Å²) >= 11 is 6.04. The van der Waals surface area contributed by atoms with Crippen molar-refractivity contribution >= 4 is 11.6 Å². The Labute approximate surface area is 112 Å². The molecule has 0 spiro atoms. The molecule has 0 atom stereocenters. The van der Waals surface area contributed by atoms with Gasteiger partial charge in [0.2, 0.25) is 5.28 Å². The van der Waals surface area contributed by atoms with Gasteiger partial charge in [0.05, 0.1) is 19.3 Å². The summed E-state index contributed by atoms with van der Waals surface area (Å²) in [6, 6.07) is 9.87. The van der Waals surface area contributed by atoms with Gasteiger partial charge in [0.25, 0.3) is 0 Å². The van der Waals surface area contributed by atoms with Crippen molar-refractivity contribution in [3.05, 3.63) is 35.6 Å². The summed E-state index contributed by atoms with van der Waals surface area (Å²) in [4.78, 5) is 0. The second-order valence-corrected chi connectivity index (χ2v) is 4.57. The number of nitrogens with zero attached hydrogens (tertiary/aromatic N) is 3. The van der Waals surface area contributed by atoms with E-state index in [1.165, 1.54) is 0 Å². The fourth-order valence-electron chi connectivity index (χ4n) is 1.66. The van der Waals surface area contributed by atoms with E-state index in [2.05, 4.69) is 10.2 Å². The monoisotopic (exact) mass is 265 g/mol. The lowest BCUT2D eigenvalue weighted by Crippen LogP contribution is -2.11. The van der Waals surface area contributed by atoms with Crippen molar-refractivity contribution in [2.75, 3.05) is 6.61 Å². The van der Waals surface area contributed by atoms with Crippen molar-refractivity contribution in [3.8, 4) is 11.4 Å². The molecular formula is C13H16ClN3O. The molecule has 0 amide bonds. The zero-order chi connectivity index (χ0) is 13.0. The predicted octanol–water partition coefficient (Wildman–Crippen LogP) is 3.02. The number of rotatable bonds is 5. The van der Waals surface area contributed by atoms with Gasteiger partial charge >= 0.3 is 0 Å². The van der Waals surface area contributed by atoms with Crippen LogP contribution in [0.5, 0.6) is 0 Å². The molecule has 0 aliphatic rings. The highest BCUT2D eigenvalue weighted by Crippen LogP contribution is 2.20. The summed E-state index contributed by atoms with van der Waals surface area (Å²) in [5, 5.41) is 8.41. The smallest absolute Gasteiger partial charge is 0.225 e. The van der Waals surface area contributed by atoms with Crippen LogP contribution in [0.1, 0.15) is 13.8 Å². The average molecular weight is 266 g/mol. The van der Waals surface area contributed by atoms with Gasteiger partial charge in [-0.25, -0.2) is 0 Å². The molecule has 1 aromatic heterocycles. The van der Waals surface area contributed by atoms with Crippen molar-refractivity contribution in [2.45, 2.75) is 26.5 Å². The summed E-state index contributed by atoms with van der Waals surface area (Å²) in [7, 11) is 0. The third-order valence-corrected chi connectivity index (χ3v) is 2.78. The molecule has 0 bridgehead atoms. The first-order valence-electron chi connectivity index (χ1n) is 5.94. The summed E-state index contributed by atoms with van der Waals surface area (Å²) < 4.78 is 7.39. The number of ether oxygens (including phenoxy) is 1. The molecule has 96 valence electrons. The van der Waals surface area contributed by atoms with Crippen LogP contribution in [0.4, 0.5) is 0 Å². The van der Waals surface area contributed by atoms with Gasteiger partial charge in [-0.3, -0.25) is 4.57 Å². The highest BCUT2D eigenvalue weighted by atomic mass is 35.5. The van der Waals surface area contributed by atoms with Gasteiger partial charge in [-0.2, -0.15) is 0 Å². The molecule has 1 aromatic carbocycles. The molecule has 0 saturated carbocycles. The molecular weight excluding hydrogens is 250 g/mol. The Hall–Kier alpha value is -1.39. The zero-order valence-electron chi connectivity index (χ0n) is 10.5. The van der Waals surface area contributed by atoms with Crippen molar-refractivity contribution < 1.29 is 4.74 Å². The van der Waals surface area contributed by atoms with Crippen LogP contribution in [0.3, 0.4) is 0 Å². The van der Waals surface area contributed by atoms with E-state index in [1.807, 2.05) is 48.7 Å². The predicted molar refractivity (Wildman–Crippen MR) is 71.6 cm³/mol. The van der Waals surface area contributed by atoms with Crippen LogP contribution < -0.4 is 0 Å². The molecule has 0 radical (unpaired) electrons. The molecule has 4 nitrogen and oxygen atoms in total. The van der Waals surface area contributed by atoms with Gasteiger partial charge in [-0.15, -0.1) is 10.2 Å². The van der Waals surface area contributed by atoms with Crippen molar-refractivity contribution in [2.24, 2.45) is 0 Å². The van der Waals surface area contributed by atoms with E-state index < -0.39 is 0 Å². The third-order valence-electron chi connectivity index (χ3n) is 2.50. The summed E-state index contributed by atoms with van der Waals surface area (Å²) in [6.07, 6.45) is 0.209. The lowest BCUT2D eigenvalue weighted by Gasteiger charge is -2.10. The van der Waals surface area contributed by atoms with Gasteiger partial charge in [-0.1, -0.05) is 30.3 Å². The Morgan fingerprint density at radius 3 is 2.61 bits per heavy atom. The van der Waals surface area contributed by atoms with Crippen LogP contribution >= 0.6 is 11.6 Å². The normalized spacial score (nSPS) is 11.1. The van der Waals surface area contributed by atoms with E-state index in [0.29, 0.717) is 18.4 Å². The molecule has 0 fully saturated rings. The highest BCUT2D eigenvalue weighted by Gasteiger charge is 2.11. The number of halogens is 1. The van der Waals surface area contributed by atoms with Crippen LogP contribution in [-0.4, -0.2) is 27.5 Å². The fraction of sp³-hybridized carbons (Fsp3) is 0.385. The van der Waals surface area contributed by atoms with Crippen molar-refractivity contribution in [1.29, 1.82) is 0 Å².